The van der Waals surface area contributed by atoms with Crippen LogP contribution in [0.3, 0.4) is 0 Å². The van der Waals surface area contributed by atoms with Gasteiger partial charge in [-0.15, -0.1) is 0 Å². The van der Waals surface area contributed by atoms with E-state index in [2.05, 4.69) is 10.4 Å². The molecule has 0 saturated carbocycles. The molecule has 4 nitrogen and oxygen atoms in total. The van der Waals surface area contributed by atoms with Gasteiger partial charge in [0.25, 0.3) is 5.92 Å². The quantitative estimate of drug-likeness (QED) is 0.775. The number of nitrogens with one attached hydrogen (secondary N) is 1. The zero-order valence-electron chi connectivity index (χ0n) is 9.45. The van der Waals surface area contributed by atoms with Crippen LogP contribution in [0, 0.1) is 0 Å². The molecule has 0 bridgehead atoms. The molecule has 92 valence electrons. The maximum atomic E-state index is 12.7. The number of aliphatic hydroxyl groups excluding tert-OH is 1. The fraction of sp³-hybridized carbons (Fsp3) is 0.700. The van der Waals surface area contributed by atoms with E-state index >= 15 is 0 Å². The van der Waals surface area contributed by atoms with Crippen molar-refractivity contribution in [2.75, 3.05) is 13.2 Å². The number of halogens is 2. The van der Waals surface area contributed by atoms with E-state index in [1.807, 2.05) is 20.0 Å². The lowest BCUT2D eigenvalue weighted by atomic mass is 10.3. The summed E-state index contributed by atoms with van der Waals surface area (Å²) in [6.45, 7) is 2.57. The van der Waals surface area contributed by atoms with Crippen molar-refractivity contribution in [3.63, 3.8) is 0 Å². The van der Waals surface area contributed by atoms with Gasteiger partial charge in [-0.25, -0.2) is 8.78 Å². The summed E-state index contributed by atoms with van der Waals surface area (Å²) in [6.07, 6.45) is 1.81. The molecule has 1 heterocycles. The van der Waals surface area contributed by atoms with Crippen LogP contribution in [0.15, 0.2) is 12.3 Å². The van der Waals surface area contributed by atoms with Crippen LogP contribution < -0.4 is 5.32 Å². The second kappa shape index (κ2) is 5.36. The molecule has 6 heteroatoms. The Labute approximate surface area is 93.3 Å². The fourth-order valence-corrected chi connectivity index (χ4v) is 1.19. The summed E-state index contributed by atoms with van der Waals surface area (Å²) < 4.78 is 27.1. The number of hydrogen-bond acceptors (Lipinski definition) is 3. The summed E-state index contributed by atoms with van der Waals surface area (Å²) in [5, 5.41) is 15.1. The van der Waals surface area contributed by atoms with Crippen molar-refractivity contribution in [3.05, 3.63) is 18.0 Å². The van der Waals surface area contributed by atoms with Crippen molar-refractivity contribution < 1.29 is 13.9 Å². The highest BCUT2D eigenvalue weighted by atomic mass is 19.3. The van der Waals surface area contributed by atoms with Gasteiger partial charge in [0.05, 0.1) is 12.2 Å². The molecular weight excluding hydrogens is 216 g/mol. The first-order valence-electron chi connectivity index (χ1n) is 5.18. The molecule has 0 unspecified atom stereocenters. The van der Waals surface area contributed by atoms with E-state index in [9.17, 15) is 8.78 Å². The first-order valence-corrected chi connectivity index (χ1v) is 5.18. The Kier molecular flexibility index (Phi) is 4.37. The predicted molar refractivity (Wildman–Crippen MR) is 56.4 cm³/mol. The van der Waals surface area contributed by atoms with Crippen LogP contribution >= 0.6 is 0 Å². The van der Waals surface area contributed by atoms with E-state index < -0.39 is 19.1 Å². The smallest absolute Gasteiger partial charge is 0.282 e. The van der Waals surface area contributed by atoms with Gasteiger partial charge in [0, 0.05) is 18.8 Å². The highest BCUT2D eigenvalue weighted by Gasteiger charge is 2.26. The molecule has 2 N–H and O–H groups in total. The SMILES string of the molecule is CC(C)n1ccc(CNCC(F)(F)CO)n1. The molecule has 0 aromatic carbocycles. The van der Waals surface area contributed by atoms with Gasteiger partial charge in [0.1, 0.15) is 6.61 Å². The van der Waals surface area contributed by atoms with Crippen LogP contribution in [0.1, 0.15) is 25.6 Å². The average Bonchev–Trinajstić information content (AvgIpc) is 2.66. The van der Waals surface area contributed by atoms with Crippen LogP contribution in [0.5, 0.6) is 0 Å². The Balaban J connectivity index is 2.37. The maximum absolute atomic E-state index is 12.7. The Hall–Kier alpha value is -1.01. The molecule has 0 aliphatic carbocycles. The summed E-state index contributed by atoms with van der Waals surface area (Å²) in [6, 6.07) is 2.04. The highest BCUT2D eigenvalue weighted by molar-refractivity contribution is 4.99. The zero-order valence-corrected chi connectivity index (χ0v) is 9.45. The molecule has 0 fully saturated rings. The first kappa shape index (κ1) is 13.1. The van der Waals surface area contributed by atoms with Crippen molar-refractivity contribution >= 4 is 0 Å². The van der Waals surface area contributed by atoms with Gasteiger partial charge in [-0.2, -0.15) is 5.10 Å². The standard InChI is InChI=1S/C10H17F2N3O/c1-8(2)15-4-3-9(14-15)5-13-6-10(11,12)7-16/h3-4,8,13,16H,5-7H2,1-2H3. The molecule has 0 atom stereocenters. The van der Waals surface area contributed by atoms with Gasteiger partial charge in [-0.1, -0.05) is 0 Å². The summed E-state index contributed by atoms with van der Waals surface area (Å²) >= 11 is 0. The number of hydrogen-bond donors (Lipinski definition) is 2. The summed E-state index contributed by atoms with van der Waals surface area (Å²) in [7, 11) is 0. The third-order valence-electron chi connectivity index (χ3n) is 2.11. The van der Waals surface area contributed by atoms with E-state index in [0.717, 1.165) is 0 Å². The molecule has 1 aromatic heterocycles. The molecule has 1 aromatic rings. The molecule has 0 amide bonds. The van der Waals surface area contributed by atoms with Gasteiger partial charge >= 0.3 is 0 Å². The number of aromatic nitrogens is 2. The predicted octanol–water partition coefficient (Wildman–Crippen LogP) is 1.18. The summed E-state index contributed by atoms with van der Waals surface area (Å²) in [5.74, 6) is -3.07. The van der Waals surface area contributed by atoms with Crippen LogP contribution in [0.4, 0.5) is 8.78 Å². The molecule has 1 rings (SSSR count). The lowest BCUT2D eigenvalue weighted by molar-refractivity contribution is -0.0478. The molecule has 16 heavy (non-hydrogen) atoms. The van der Waals surface area contributed by atoms with E-state index in [0.29, 0.717) is 5.69 Å². The van der Waals surface area contributed by atoms with Gasteiger partial charge in [-0.05, 0) is 19.9 Å². The molecule has 0 spiro atoms. The fourth-order valence-electron chi connectivity index (χ4n) is 1.19. The first-order chi connectivity index (χ1) is 7.44. The highest BCUT2D eigenvalue weighted by Crippen LogP contribution is 2.10. The van der Waals surface area contributed by atoms with E-state index in [-0.39, 0.29) is 12.6 Å². The zero-order chi connectivity index (χ0) is 12.2. The Morgan fingerprint density at radius 1 is 1.56 bits per heavy atom. The largest absolute Gasteiger partial charge is 0.390 e. The van der Waals surface area contributed by atoms with E-state index in [1.54, 1.807) is 10.7 Å². The summed E-state index contributed by atoms with van der Waals surface area (Å²) in [4.78, 5) is 0. The van der Waals surface area contributed by atoms with Gasteiger partial charge < -0.3 is 10.4 Å². The van der Waals surface area contributed by atoms with Crippen molar-refractivity contribution in [1.82, 2.24) is 15.1 Å². The number of alkyl halides is 2. The van der Waals surface area contributed by atoms with Crippen molar-refractivity contribution in [3.8, 4) is 0 Å². The lowest BCUT2D eigenvalue weighted by Crippen LogP contribution is -2.35. The van der Waals surface area contributed by atoms with Crippen molar-refractivity contribution in [1.29, 1.82) is 0 Å². The third-order valence-corrected chi connectivity index (χ3v) is 2.11. The number of nitrogens with zero attached hydrogens (tertiary/aromatic N) is 2. The number of rotatable bonds is 6. The lowest BCUT2D eigenvalue weighted by Gasteiger charge is -2.13. The second-order valence-corrected chi connectivity index (χ2v) is 4.00. The maximum Gasteiger partial charge on any atom is 0.282 e. The van der Waals surface area contributed by atoms with Gasteiger partial charge in [-0.3, -0.25) is 4.68 Å². The van der Waals surface area contributed by atoms with Crippen molar-refractivity contribution in [2.24, 2.45) is 0 Å². The van der Waals surface area contributed by atoms with Crippen molar-refractivity contribution in [2.45, 2.75) is 32.4 Å². The minimum atomic E-state index is -3.07. The normalized spacial score (nSPS) is 12.4. The molecule has 0 radical (unpaired) electrons. The van der Waals surface area contributed by atoms with Gasteiger partial charge in [0.2, 0.25) is 0 Å². The molecule has 0 aliphatic rings. The molecule has 0 aliphatic heterocycles. The summed E-state index contributed by atoms with van der Waals surface area (Å²) in [5.41, 5.74) is 0.711. The Morgan fingerprint density at radius 2 is 2.25 bits per heavy atom. The minimum Gasteiger partial charge on any atom is -0.390 e. The second-order valence-electron chi connectivity index (χ2n) is 4.00. The van der Waals surface area contributed by atoms with E-state index in [4.69, 9.17) is 5.11 Å². The van der Waals surface area contributed by atoms with Crippen LogP contribution in [-0.2, 0) is 6.54 Å². The van der Waals surface area contributed by atoms with Crippen LogP contribution in [-0.4, -0.2) is 34.0 Å². The van der Waals surface area contributed by atoms with E-state index in [1.165, 1.54) is 0 Å². The Bertz CT molecular complexity index is 326. The molecular formula is C10H17F2N3O. The van der Waals surface area contributed by atoms with Gasteiger partial charge in [0.15, 0.2) is 0 Å². The van der Waals surface area contributed by atoms with Crippen LogP contribution in [0.2, 0.25) is 0 Å². The average molecular weight is 233 g/mol. The minimum absolute atomic E-state index is 0.257. The molecule has 0 saturated heterocycles. The monoisotopic (exact) mass is 233 g/mol. The van der Waals surface area contributed by atoms with Crippen LogP contribution in [0.25, 0.3) is 0 Å². The third kappa shape index (κ3) is 3.86. The number of aliphatic hydroxyl groups is 1. The topological polar surface area (TPSA) is 50.1 Å². The Morgan fingerprint density at radius 3 is 2.75 bits per heavy atom.